The Kier molecular flexibility index (Phi) is 6.84. The van der Waals surface area contributed by atoms with E-state index in [1.165, 1.54) is 31.4 Å². The van der Waals surface area contributed by atoms with Gasteiger partial charge in [0.15, 0.2) is 0 Å². The Morgan fingerprint density at radius 2 is 2.08 bits per heavy atom. The number of hydrogen-bond acceptors (Lipinski definition) is 5. The summed E-state index contributed by atoms with van der Waals surface area (Å²) < 4.78 is 5.99. The highest BCUT2D eigenvalue weighted by Gasteiger charge is 2.33. The molecular formula is C18H33N3O2S. The third-order valence-corrected chi connectivity index (χ3v) is 7.03. The van der Waals surface area contributed by atoms with Gasteiger partial charge < -0.3 is 9.64 Å². The summed E-state index contributed by atoms with van der Waals surface area (Å²) in [4.78, 5) is 17.2. The van der Waals surface area contributed by atoms with E-state index >= 15 is 0 Å². The maximum absolute atomic E-state index is 12.9. The summed E-state index contributed by atoms with van der Waals surface area (Å²) in [7, 11) is 2.09. The van der Waals surface area contributed by atoms with Crippen molar-refractivity contribution in [3.8, 4) is 0 Å². The first kappa shape index (κ1) is 18.5. The second-order valence-corrected chi connectivity index (χ2v) is 9.09. The average Bonchev–Trinajstić information content (AvgIpc) is 3.23. The molecule has 0 radical (unpaired) electrons. The van der Waals surface area contributed by atoms with Gasteiger partial charge in [-0.1, -0.05) is 6.92 Å². The maximum atomic E-state index is 12.9. The van der Waals surface area contributed by atoms with Crippen molar-refractivity contribution in [1.29, 1.82) is 0 Å². The predicted octanol–water partition coefficient (Wildman–Crippen LogP) is 2.12. The fraction of sp³-hybridized carbons (Fsp3) is 0.944. The second-order valence-electron chi connectivity index (χ2n) is 7.68. The van der Waals surface area contributed by atoms with Crippen molar-refractivity contribution < 1.29 is 9.53 Å². The molecule has 3 aliphatic rings. The summed E-state index contributed by atoms with van der Waals surface area (Å²) >= 11 is 2.01. The number of carbonyl (C=O) groups excluding carboxylic acids is 1. The van der Waals surface area contributed by atoms with Crippen molar-refractivity contribution in [2.75, 3.05) is 39.0 Å². The zero-order valence-corrected chi connectivity index (χ0v) is 16.0. The van der Waals surface area contributed by atoms with Gasteiger partial charge in [-0.05, 0) is 57.2 Å². The van der Waals surface area contributed by atoms with Crippen molar-refractivity contribution in [3.63, 3.8) is 0 Å². The Morgan fingerprint density at radius 3 is 2.71 bits per heavy atom. The molecule has 2 atom stereocenters. The van der Waals surface area contributed by atoms with Crippen molar-refractivity contribution in [3.05, 3.63) is 0 Å². The second kappa shape index (κ2) is 8.88. The Balaban J connectivity index is 1.53. The van der Waals surface area contributed by atoms with Crippen LogP contribution in [0, 0.1) is 5.92 Å². The highest BCUT2D eigenvalue weighted by atomic mass is 32.2. The highest BCUT2D eigenvalue weighted by Crippen LogP contribution is 2.28. The molecule has 3 rings (SSSR count). The molecule has 3 fully saturated rings. The van der Waals surface area contributed by atoms with E-state index in [1.54, 1.807) is 0 Å². The number of nitrogens with one attached hydrogen (secondary N) is 1. The zero-order valence-electron chi connectivity index (χ0n) is 15.2. The summed E-state index contributed by atoms with van der Waals surface area (Å²) in [5.74, 6) is 2.19. The third-order valence-electron chi connectivity index (χ3n) is 5.65. The van der Waals surface area contributed by atoms with Crippen LogP contribution in [-0.2, 0) is 9.53 Å². The number of carbonyl (C=O) groups is 1. The Morgan fingerprint density at radius 1 is 1.29 bits per heavy atom. The molecule has 0 spiro atoms. The van der Waals surface area contributed by atoms with Gasteiger partial charge >= 0.3 is 0 Å². The van der Waals surface area contributed by atoms with E-state index in [0.717, 1.165) is 38.4 Å². The van der Waals surface area contributed by atoms with E-state index in [-0.39, 0.29) is 24.9 Å². The van der Waals surface area contributed by atoms with Gasteiger partial charge in [-0.2, -0.15) is 11.8 Å². The van der Waals surface area contributed by atoms with E-state index < -0.39 is 0 Å². The molecule has 138 valence electrons. The van der Waals surface area contributed by atoms with E-state index in [9.17, 15) is 4.79 Å². The van der Waals surface area contributed by atoms with Crippen molar-refractivity contribution >= 4 is 17.7 Å². The summed E-state index contributed by atoms with van der Waals surface area (Å²) in [6, 6.07) is 0. The van der Waals surface area contributed by atoms with E-state index in [0.29, 0.717) is 5.25 Å². The van der Waals surface area contributed by atoms with Gasteiger partial charge in [0.25, 0.3) is 5.91 Å². The number of amides is 1. The van der Waals surface area contributed by atoms with Gasteiger partial charge in [-0.25, -0.2) is 0 Å². The van der Waals surface area contributed by atoms with Gasteiger partial charge in [0.05, 0.1) is 6.10 Å². The Hall–Kier alpha value is -0.300. The molecule has 1 N–H and O–H groups in total. The quantitative estimate of drug-likeness (QED) is 0.791. The van der Waals surface area contributed by atoms with Gasteiger partial charge in [0, 0.05) is 24.9 Å². The van der Waals surface area contributed by atoms with Gasteiger partial charge in [-0.15, -0.1) is 0 Å². The summed E-state index contributed by atoms with van der Waals surface area (Å²) in [5.41, 5.74) is 0. The molecule has 6 heteroatoms. The van der Waals surface area contributed by atoms with Gasteiger partial charge in [0.2, 0.25) is 0 Å². The fourth-order valence-corrected chi connectivity index (χ4v) is 5.28. The van der Waals surface area contributed by atoms with Crippen LogP contribution < -0.4 is 5.32 Å². The van der Waals surface area contributed by atoms with Crippen LogP contribution in [0.3, 0.4) is 0 Å². The largest absolute Gasteiger partial charge is 0.368 e. The predicted molar refractivity (Wildman–Crippen MR) is 99.0 cm³/mol. The average molecular weight is 356 g/mol. The molecule has 0 aromatic carbocycles. The molecule has 0 bridgehead atoms. The molecular weight excluding hydrogens is 322 g/mol. The molecule has 24 heavy (non-hydrogen) atoms. The van der Waals surface area contributed by atoms with Crippen LogP contribution in [0.1, 0.15) is 45.4 Å². The number of hydrogen-bond donors (Lipinski definition) is 1. The van der Waals surface area contributed by atoms with E-state index in [1.807, 2.05) is 16.7 Å². The van der Waals surface area contributed by atoms with Crippen LogP contribution in [0.2, 0.25) is 0 Å². The smallest absolute Gasteiger partial charge is 0.250 e. The van der Waals surface area contributed by atoms with Crippen molar-refractivity contribution in [1.82, 2.24) is 15.1 Å². The number of ether oxygens (including phenoxy) is 1. The zero-order chi connectivity index (χ0) is 16.9. The molecule has 0 aromatic heterocycles. The molecule has 2 saturated heterocycles. The minimum atomic E-state index is 0.0358. The molecule has 1 aliphatic carbocycles. The van der Waals surface area contributed by atoms with Crippen molar-refractivity contribution in [2.24, 2.45) is 5.92 Å². The lowest BCUT2D eigenvalue weighted by Gasteiger charge is -2.35. The normalized spacial score (nSPS) is 34.6. The lowest BCUT2D eigenvalue weighted by Crippen LogP contribution is -2.55. The number of likely N-dealkylation sites (N-methyl/N-ethyl adjacent to an activating group) is 1. The van der Waals surface area contributed by atoms with Crippen molar-refractivity contribution in [2.45, 2.75) is 63.1 Å². The number of nitrogens with zero attached hydrogens (tertiary/aromatic N) is 2. The molecule has 5 nitrogen and oxygen atoms in total. The van der Waals surface area contributed by atoms with Crippen LogP contribution in [0.4, 0.5) is 0 Å². The molecule has 0 aromatic rings. The third kappa shape index (κ3) is 4.87. The first-order valence-corrected chi connectivity index (χ1v) is 10.6. The number of thioether (sulfide) groups is 1. The first-order chi connectivity index (χ1) is 11.6. The monoisotopic (exact) mass is 355 g/mol. The first-order valence-electron chi connectivity index (χ1n) is 9.60. The van der Waals surface area contributed by atoms with Crippen LogP contribution in [-0.4, -0.2) is 72.4 Å². The Labute approximate surface area is 150 Å². The lowest BCUT2D eigenvalue weighted by atomic mass is 9.89. The van der Waals surface area contributed by atoms with Gasteiger partial charge in [0.1, 0.15) is 12.9 Å². The van der Waals surface area contributed by atoms with E-state index in [4.69, 9.17) is 4.74 Å². The van der Waals surface area contributed by atoms with Crippen LogP contribution >= 0.6 is 11.8 Å². The van der Waals surface area contributed by atoms with Crippen LogP contribution in [0.25, 0.3) is 0 Å². The lowest BCUT2D eigenvalue weighted by molar-refractivity contribution is -0.145. The molecule has 2 unspecified atom stereocenters. The number of rotatable bonds is 6. The molecule has 1 amide bonds. The summed E-state index contributed by atoms with van der Waals surface area (Å²) in [5, 5.41) is 4.05. The standard InChI is InChI=1S/C18H33N3O2S/c1-14-5-7-15(8-6-14)23-13-17(22)21(12-16-4-3-11-24-16)18-19-9-10-20(18)2/h14-16,18-19H,3-13H2,1-2H3. The summed E-state index contributed by atoms with van der Waals surface area (Å²) in [6.45, 7) is 5.33. The Bertz CT molecular complexity index is 409. The SMILES string of the molecule is CC1CCC(OCC(=O)N(CC2CCCS2)C2NCCN2C)CC1. The summed E-state index contributed by atoms with van der Waals surface area (Å²) in [6.07, 6.45) is 7.50. The minimum absolute atomic E-state index is 0.0358. The minimum Gasteiger partial charge on any atom is -0.368 e. The topological polar surface area (TPSA) is 44.8 Å². The fourth-order valence-electron chi connectivity index (χ4n) is 4.01. The van der Waals surface area contributed by atoms with Crippen LogP contribution in [0.5, 0.6) is 0 Å². The molecule has 2 heterocycles. The van der Waals surface area contributed by atoms with E-state index in [2.05, 4.69) is 24.2 Å². The maximum Gasteiger partial charge on any atom is 0.250 e. The molecule has 2 aliphatic heterocycles. The van der Waals surface area contributed by atoms with Gasteiger partial charge in [-0.3, -0.25) is 15.0 Å². The highest BCUT2D eigenvalue weighted by molar-refractivity contribution is 8.00. The molecule has 1 saturated carbocycles. The van der Waals surface area contributed by atoms with Crippen LogP contribution in [0.15, 0.2) is 0 Å².